The van der Waals surface area contributed by atoms with Gasteiger partial charge >= 0.3 is 0 Å². The number of hydrogen-bond donors (Lipinski definition) is 1. The van der Waals surface area contributed by atoms with Crippen LogP contribution in [0.4, 0.5) is 0 Å². The predicted octanol–water partition coefficient (Wildman–Crippen LogP) is 0.595. The second-order valence-electron chi connectivity index (χ2n) is 4.63. The number of piperidine rings is 1. The smallest absolute Gasteiger partial charge is 0.218 e. The lowest BCUT2D eigenvalue weighted by atomic mass is 10.1. The molecule has 100 valence electrons. The molecule has 0 amide bonds. The van der Waals surface area contributed by atoms with Crippen LogP contribution in [0, 0.1) is 0 Å². The minimum Gasteiger partial charge on any atom is -0.315 e. The van der Waals surface area contributed by atoms with Crippen molar-refractivity contribution in [2.75, 3.05) is 20.1 Å². The average molecular weight is 269 g/mol. The van der Waals surface area contributed by atoms with Gasteiger partial charge in [-0.25, -0.2) is 12.7 Å². The SMILES string of the molecule is CN([C@@H]1CCCNC1)S(=O)(=O)Cc1cccnc1. The predicted molar refractivity (Wildman–Crippen MR) is 70.5 cm³/mol. The Morgan fingerprint density at radius 3 is 3.00 bits per heavy atom. The third-order valence-electron chi connectivity index (χ3n) is 3.30. The van der Waals surface area contributed by atoms with E-state index in [2.05, 4.69) is 10.3 Å². The fourth-order valence-corrected chi connectivity index (χ4v) is 3.60. The molecule has 0 bridgehead atoms. The molecule has 1 aromatic heterocycles. The molecule has 0 unspecified atom stereocenters. The van der Waals surface area contributed by atoms with E-state index in [1.165, 1.54) is 4.31 Å². The molecule has 5 nitrogen and oxygen atoms in total. The Kier molecular flexibility index (Phi) is 4.31. The first-order chi connectivity index (χ1) is 8.59. The van der Waals surface area contributed by atoms with Crippen LogP contribution in [-0.2, 0) is 15.8 Å². The number of rotatable bonds is 4. The first kappa shape index (κ1) is 13.5. The highest BCUT2D eigenvalue weighted by atomic mass is 32.2. The van der Waals surface area contributed by atoms with Crippen LogP contribution in [0.15, 0.2) is 24.5 Å². The maximum atomic E-state index is 12.3. The lowest BCUT2D eigenvalue weighted by Gasteiger charge is -2.30. The van der Waals surface area contributed by atoms with Gasteiger partial charge in [-0.1, -0.05) is 6.07 Å². The van der Waals surface area contributed by atoms with Crippen LogP contribution in [0.2, 0.25) is 0 Å². The lowest BCUT2D eigenvalue weighted by Crippen LogP contribution is -2.46. The number of nitrogens with one attached hydrogen (secondary N) is 1. The van der Waals surface area contributed by atoms with Gasteiger partial charge in [-0.15, -0.1) is 0 Å². The second kappa shape index (κ2) is 5.77. The van der Waals surface area contributed by atoms with Crippen molar-refractivity contribution in [1.29, 1.82) is 0 Å². The van der Waals surface area contributed by atoms with Gasteiger partial charge in [0, 0.05) is 32.0 Å². The van der Waals surface area contributed by atoms with Gasteiger partial charge in [-0.2, -0.15) is 0 Å². The van der Waals surface area contributed by atoms with Crippen LogP contribution >= 0.6 is 0 Å². The summed E-state index contributed by atoms with van der Waals surface area (Å²) < 4.78 is 26.0. The van der Waals surface area contributed by atoms with E-state index in [0.29, 0.717) is 0 Å². The summed E-state index contributed by atoms with van der Waals surface area (Å²) in [7, 11) is -1.59. The molecule has 1 aliphatic rings. The molecule has 6 heteroatoms. The molecule has 0 saturated carbocycles. The lowest BCUT2D eigenvalue weighted by molar-refractivity contribution is 0.300. The molecule has 1 atom stereocenters. The summed E-state index contributed by atoms with van der Waals surface area (Å²) in [6.07, 6.45) is 5.20. The van der Waals surface area contributed by atoms with E-state index in [1.807, 2.05) is 0 Å². The van der Waals surface area contributed by atoms with E-state index in [0.717, 1.165) is 31.5 Å². The third-order valence-corrected chi connectivity index (χ3v) is 5.17. The van der Waals surface area contributed by atoms with E-state index in [4.69, 9.17) is 0 Å². The molecule has 18 heavy (non-hydrogen) atoms. The molecule has 2 heterocycles. The Bertz CT molecular complexity index is 469. The zero-order valence-corrected chi connectivity index (χ0v) is 11.4. The van der Waals surface area contributed by atoms with Crippen LogP contribution in [0.1, 0.15) is 18.4 Å². The minimum absolute atomic E-state index is 0.0217. The highest BCUT2D eigenvalue weighted by molar-refractivity contribution is 7.88. The van der Waals surface area contributed by atoms with E-state index < -0.39 is 10.0 Å². The minimum atomic E-state index is -3.26. The van der Waals surface area contributed by atoms with Crippen molar-refractivity contribution in [1.82, 2.24) is 14.6 Å². The zero-order chi connectivity index (χ0) is 13.0. The van der Waals surface area contributed by atoms with Gasteiger partial charge in [-0.3, -0.25) is 4.98 Å². The number of nitrogens with zero attached hydrogens (tertiary/aromatic N) is 2. The maximum absolute atomic E-state index is 12.3. The molecule has 0 radical (unpaired) electrons. The molecule has 1 aromatic rings. The summed E-state index contributed by atoms with van der Waals surface area (Å²) in [5.74, 6) is 0.0217. The maximum Gasteiger partial charge on any atom is 0.218 e. The van der Waals surface area contributed by atoms with Crippen molar-refractivity contribution >= 4 is 10.0 Å². The Morgan fingerprint density at radius 2 is 2.39 bits per heavy atom. The van der Waals surface area contributed by atoms with Crippen molar-refractivity contribution in [2.45, 2.75) is 24.6 Å². The molecular formula is C12H19N3O2S. The molecule has 1 fully saturated rings. The van der Waals surface area contributed by atoms with Crippen molar-refractivity contribution < 1.29 is 8.42 Å². The molecular weight excluding hydrogens is 250 g/mol. The van der Waals surface area contributed by atoms with E-state index in [-0.39, 0.29) is 11.8 Å². The first-order valence-corrected chi connectivity index (χ1v) is 7.76. The Labute approximate surface area is 108 Å². The number of hydrogen-bond acceptors (Lipinski definition) is 4. The normalized spacial score (nSPS) is 21.1. The summed E-state index contributed by atoms with van der Waals surface area (Å²) in [4.78, 5) is 3.95. The van der Waals surface area contributed by atoms with Gasteiger partial charge in [0.15, 0.2) is 0 Å². The molecule has 1 saturated heterocycles. The Hall–Kier alpha value is -0.980. The largest absolute Gasteiger partial charge is 0.315 e. The number of sulfonamides is 1. The van der Waals surface area contributed by atoms with E-state index in [1.54, 1.807) is 31.6 Å². The van der Waals surface area contributed by atoms with Gasteiger partial charge in [0.1, 0.15) is 0 Å². The molecule has 0 spiro atoms. The van der Waals surface area contributed by atoms with Crippen LogP contribution in [-0.4, -0.2) is 43.9 Å². The van der Waals surface area contributed by atoms with Crippen molar-refractivity contribution in [3.63, 3.8) is 0 Å². The first-order valence-electron chi connectivity index (χ1n) is 6.15. The van der Waals surface area contributed by atoms with Crippen LogP contribution in [0.5, 0.6) is 0 Å². The van der Waals surface area contributed by atoms with Gasteiger partial charge in [0.25, 0.3) is 0 Å². The summed E-state index contributed by atoms with van der Waals surface area (Å²) in [6, 6.07) is 3.62. The molecule has 1 aliphatic heterocycles. The number of aromatic nitrogens is 1. The summed E-state index contributed by atoms with van der Waals surface area (Å²) in [5, 5.41) is 3.23. The van der Waals surface area contributed by atoms with Crippen molar-refractivity contribution in [3.05, 3.63) is 30.1 Å². The highest BCUT2D eigenvalue weighted by Crippen LogP contribution is 2.15. The quantitative estimate of drug-likeness (QED) is 0.869. The Morgan fingerprint density at radius 1 is 1.56 bits per heavy atom. The van der Waals surface area contributed by atoms with Crippen molar-refractivity contribution in [2.24, 2.45) is 0 Å². The average Bonchev–Trinajstić information content (AvgIpc) is 2.39. The summed E-state index contributed by atoms with van der Waals surface area (Å²) in [6.45, 7) is 1.72. The molecule has 2 rings (SSSR count). The van der Waals surface area contributed by atoms with Crippen molar-refractivity contribution in [3.8, 4) is 0 Å². The fraction of sp³-hybridized carbons (Fsp3) is 0.583. The molecule has 0 aromatic carbocycles. The van der Waals surface area contributed by atoms with Gasteiger partial charge in [0.05, 0.1) is 5.75 Å². The monoisotopic (exact) mass is 269 g/mol. The third kappa shape index (κ3) is 3.28. The topological polar surface area (TPSA) is 62.3 Å². The summed E-state index contributed by atoms with van der Waals surface area (Å²) >= 11 is 0. The number of likely N-dealkylation sites (N-methyl/N-ethyl adjacent to an activating group) is 1. The Balaban J connectivity index is 2.05. The highest BCUT2D eigenvalue weighted by Gasteiger charge is 2.27. The standard InChI is InChI=1S/C12H19N3O2S/c1-15(12-5-3-7-14-9-12)18(16,17)10-11-4-2-6-13-8-11/h2,4,6,8,12,14H,3,5,7,9-10H2,1H3/t12-/m1/s1. The van der Waals surface area contributed by atoms with Crippen LogP contribution in [0.25, 0.3) is 0 Å². The van der Waals surface area contributed by atoms with E-state index in [9.17, 15) is 8.42 Å². The molecule has 1 N–H and O–H groups in total. The summed E-state index contributed by atoms with van der Waals surface area (Å²) in [5.41, 5.74) is 0.730. The van der Waals surface area contributed by atoms with Gasteiger partial charge in [0.2, 0.25) is 10.0 Å². The fourth-order valence-electron chi connectivity index (χ4n) is 2.17. The zero-order valence-electron chi connectivity index (χ0n) is 10.5. The van der Waals surface area contributed by atoms with Gasteiger partial charge in [-0.05, 0) is 31.0 Å². The second-order valence-corrected chi connectivity index (χ2v) is 6.66. The van der Waals surface area contributed by atoms with Crippen LogP contribution < -0.4 is 5.32 Å². The van der Waals surface area contributed by atoms with E-state index >= 15 is 0 Å². The number of pyridine rings is 1. The molecule has 0 aliphatic carbocycles. The van der Waals surface area contributed by atoms with Gasteiger partial charge < -0.3 is 5.32 Å². The van der Waals surface area contributed by atoms with Crippen LogP contribution in [0.3, 0.4) is 0 Å².